The van der Waals surface area contributed by atoms with E-state index < -0.39 is 10.0 Å². The van der Waals surface area contributed by atoms with E-state index in [1.165, 1.54) is 4.31 Å². The predicted octanol–water partition coefficient (Wildman–Crippen LogP) is 4.81. The van der Waals surface area contributed by atoms with Gasteiger partial charge in [0.05, 0.1) is 31.6 Å². The van der Waals surface area contributed by atoms with Crippen LogP contribution in [0.15, 0.2) is 72.8 Å². The van der Waals surface area contributed by atoms with Gasteiger partial charge in [0.2, 0.25) is 10.0 Å². The average molecular weight is 473 g/mol. The second-order valence-electron chi connectivity index (χ2n) is 7.38. The first-order chi connectivity index (χ1) is 15.2. The Balaban J connectivity index is 1.77. The van der Waals surface area contributed by atoms with E-state index in [0.717, 1.165) is 17.4 Å². The van der Waals surface area contributed by atoms with Crippen molar-refractivity contribution in [2.45, 2.75) is 19.5 Å². The lowest BCUT2D eigenvalue weighted by Gasteiger charge is -2.23. The van der Waals surface area contributed by atoms with E-state index in [2.05, 4.69) is 5.32 Å². The van der Waals surface area contributed by atoms with Crippen molar-refractivity contribution in [1.29, 1.82) is 0 Å². The van der Waals surface area contributed by atoms with E-state index in [4.69, 9.17) is 16.3 Å². The number of rotatable bonds is 8. The van der Waals surface area contributed by atoms with E-state index in [-0.39, 0.29) is 18.5 Å². The molecule has 6 nitrogen and oxygen atoms in total. The van der Waals surface area contributed by atoms with Crippen LogP contribution in [0.1, 0.15) is 34.5 Å². The highest BCUT2D eigenvalue weighted by Crippen LogP contribution is 2.25. The summed E-state index contributed by atoms with van der Waals surface area (Å²) in [7, 11) is -1.95. The summed E-state index contributed by atoms with van der Waals surface area (Å²) >= 11 is 5.92. The van der Waals surface area contributed by atoms with Crippen molar-refractivity contribution < 1.29 is 17.9 Å². The van der Waals surface area contributed by atoms with Gasteiger partial charge in [-0.1, -0.05) is 41.9 Å². The minimum Gasteiger partial charge on any atom is -0.496 e. The molecule has 0 aliphatic carbocycles. The molecule has 0 bridgehead atoms. The van der Waals surface area contributed by atoms with Gasteiger partial charge in [0.1, 0.15) is 5.75 Å². The first kappa shape index (κ1) is 23.6. The van der Waals surface area contributed by atoms with E-state index >= 15 is 0 Å². The molecule has 0 aliphatic rings. The molecule has 0 spiro atoms. The number of halogens is 1. The summed E-state index contributed by atoms with van der Waals surface area (Å²) in [6.07, 6.45) is 1.15. The minimum absolute atomic E-state index is 0.159. The first-order valence-electron chi connectivity index (χ1n) is 9.95. The number of hydrogen-bond acceptors (Lipinski definition) is 4. The highest BCUT2D eigenvalue weighted by molar-refractivity contribution is 7.92. The summed E-state index contributed by atoms with van der Waals surface area (Å²) in [6.45, 7) is 2.04. The highest BCUT2D eigenvalue weighted by Gasteiger charge is 2.19. The number of ether oxygens (including phenoxy) is 1. The molecule has 32 heavy (non-hydrogen) atoms. The van der Waals surface area contributed by atoms with E-state index in [0.29, 0.717) is 22.0 Å². The lowest BCUT2D eigenvalue weighted by Crippen LogP contribution is -2.29. The molecule has 3 rings (SSSR count). The fourth-order valence-corrected chi connectivity index (χ4v) is 4.33. The van der Waals surface area contributed by atoms with Crippen LogP contribution in [0, 0.1) is 0 Å². The number of hydrogen-bond donors (Lipinski definition) is 1. The Morgan fingerprint density at radius 3 is 2.25 bits per heavy atom. The standard InChI is InChI=1S/C24H25ClN2O4S/c1-17(22-6-4-5-7-23(22)31-2)26-24(28)19-10-14-21(15-11-19)27(32(3,29)30)16-18-8-12-20(25)13-9-18/h4-15,17H,16H2,1-3H3,(H,26,28). The first-order valence-corrected chi connectivity index (χ1v) is 12.2. The molecular weight excluding hydrogens is 448 g/mol. The van der Waals surface area contributed by atoms with E-state index in [9.17, 15) is 13.2 Å². The zero-order chi connectivity index (χ0) is 23.3. The van der Waals surface area contributed by atoms with Crippen molar-refractivity contribution in [3.05, 3.63) is 94.5 Å². The van der Waals surface area contributed by atoms with Crippen molar-refractivity contribution in [2.75, 3.05) is 17.7 Å². The summed E-state index contributed by atoms with van der Waals surface area (Å²) in [6, 6.07) is 20.7. The molecule has 0 radical (unpaired) electrons. The van der Waals surface area contributed by atoms with Crippen molar-refractivity contribution >= 4 is 33.2 Å². The molecule has 8 heteroatoms. The number of benzene rings is 3. The molecule has 1 N–H and O–H groups in total. The Bertz CT molecular complexity index is 1180. The van der Waals surface area contributed by atoms with Gasteiger partial charge in [-0.15, -0.1) is 0 Å². The topological polar surface area (TPSA) is 75.7 Å². The normalized spacial score (nSPS) is 12.1. The van der Waals surface area contributed by atoms with Gasteiger partial charge in [-0.05, 0) is 55.0 Å². The number of methoxy groups -OCH3 is 1. The summed E-state index contributed by atoms with van der Waals surface area (Å²) < 4.78 is 31.4. The smallest absolute Gasteiger partial charge is 0.251 e. The Labute approximate surface area is 193 Å². The predicted molar refractivity (Wildman–Crippen MR) is 128 cm³/mol. The summed E-state index contributed by atoms with van der Waals surface area (Å²) in [4.78, 5) is 12.7. The van der Waals surface area contributed by atoms with Gasteiger partial charge in [0.15, 0.2) is 0 Å². The third-order valence-electron chi connectivity index (χ3n) is 5.01. The maximum atomic E-state index is 12.7. The Morgan fingerprint density at radius 1 is 1.03 bits per heavy atom. The fourth-order valence-electron chi connectivity index (χ4n) is 3.32. The SMILES string of the molecule is COc1ccccc1C(C)NC(=O)c1ccc(N(Cc2ccc(Cl)cc2)S(C)(=O)=O)cc1. The van der Waals surface area contributed by atoms with Gasteiger partial charge in [0, 0.05) is 16.1 Å². The number of anilines is 1. The monoisotopic (exact) mass is 472 g/mol. The third kappa shape index (κ3) is 5.81. The van der Waals surface area contributed by atoms with Crippen LogP contribution in [-0.2, 0) is 16.6 Å². The van der Waals surface area contributed by atoms with Crippen LogP contribution < -0.4 is 14.4 Å². The van der Waals surface area contributed by atoms with Gasteiger partial charge >= 0.3 is 0 Å². The van der Waals surface area contributed by atoms with Crippen molar-refractivity contribution in [2.24, 2.45) is 0 Å². The number of carbonyl (C=O) groups excluding carboxylic acids is 1. The van der Waals surface area contributed by atoms with Crippen LogP contribution in [0.4, 0.5) is 5.69 Å². The molecule has 0 saturated carbocycles. The minimum atomic E-state index is -3.54. The van der Waals surface area contributed by atoms with Crippen LogP contribution in [0.25, 0.3) is 0 Å². The van der Waals surface area contributed by atoms with Crippen LogP contribution in [0.5, 0.6) is 5.75 Å². The number of amides is 1. The van der Waals surface area contributed by atoms with Gasteiger partial charge in [0.25, 0.3) is 5.91 Å². The molecule has 0 aliphatic heterocycles. The van der Waals surface area contributed by atoms with E-state index in [1.807, 2.05) is 31.2 Å². The number of nitrogens with zero attached hydrogens (tertiary/aromatic N) is 1. The molecule has 1 atom stereocenters. The molecule has 0 aromatic heterocycles. The lowest BCUT2D eigenvalue weighted by atomic mass is 10.1. The van der Waals surface area contributed by atoms with E-state index in [1.54, 1.807) is 55.6 Å². The number of nitrogens with one attached hydrogen (secondary N) is 1. The van der Waals surface area contributed by atoms with Crippen LogP contribution in [0.3, 0.4) is 0 Å². The molecule has 1 amide bonds. The molecule has 168 valence electrons. The largest absolute Gasteiger partial charge is 0.496 e. The number of sulfonamides is 1. The Kier molecular flexibility index (Phi) is 7.43. The van der Waals surface area contributed by atoms with Gasteiger partial charge in [-0.25, -0.2) is 8.42 Å². The van der Waals surface area contributed by atoms with Crippen LogP contribution in [-0.4, -0.2) is 27.7 Å². The summed E-state index contributed by atoms with van der Waals surface area (Å²) in [5.41, 5.74) is 2.56. The molecule has 3 aromatic carbocycles. The molecule has 1 unspecified atom stereocenters. The molecule has 0 saturated heterocycles. The van der Waals surface area contributed by atoms with Crippen LogP contribution >= 0.6 is 11.6 Å². The second-order valence-corrected chi connectivity index (χ2v) is 9.72. The Hall–Kier alpha value is -3.03. The number of carbonyl (C=O) groups is 1. The van der Waals surface area contributed by atoms with Gasteiger partial charge in [-0.2, -0.15) is 0 Å². The number of para-hydroxylation sites is 1. The zero-order valence-electron chi connectivity index (χ0n) is 18.1. The summed E-state index contributed by atoms with van der Waals surface area (Å²) in [5.74, 6) is 0.431. The fraction of sp³-hybridized carbons (Fsp3) is 0.208. The highest BCUT2D eigenvalue weighted by atomic mass is 35.5. The molecular formula is C24H25ClN2O4S. The van der Waals surface area contributed by atoms with Gasteiger partial charge in [-0.3, -0.25) is 9.10 Å². The average Bonchev–Trinajstić information content (AvgIpc) is 2.78. The Morgan fingerprint density at radius 2 is 1.66 bits per heavy atom. The quantitative estimate of drug-likeness (QED) is 0.510. The van der Waals surface area contributed by atoms with Gasteiger partial charge < -0.3 is 10.1 Å². The van der Waals surface area contributed by atoms with Crippen molar-refractivity contribution in [3.63, 3.8) is 0 Å². The maximum absolute atomic E-state index is 12.7. The molecule has 0 heterocycles. The maximum Gasteiger partial charge on any atom is 0.251 e. The zero-order valence-corrected chi connectivity index (χ0v) is 19.7. The molecule has 3 aromatic rings. The lowest BCUT2D eigenvalue weighted by molar-refractivity contribution is 0.0939. The second kappa shape index (κ2) is 10.1. The molecule has 0 fully saturated rings. The van der Waals surface area contributed by atoms with Crippen molar-refractivity contribution in [3.8, 4) is 5.75 Å². The van der Waals surface area contributed by atoms with Crippen molar-refractivity contribution in [1.82, 2.24) is 5.32 Å². The van der Waals surface area contributed by atoms with Crippen LogP contribution in [0.2, 0.25) is 5.02 Å². The summed E-state index contributed by atoms with van der Waals surface area (Å²) in [5, 5.41) is 3.53. The third-order valence-corrected chi connectivity index (χ3v) is 6.40.